The van der Waals surface area contributed by atoms with E-state index in [-0.39, 0.29) is 5.24 Å². The number of nitrogens with one attached hydrogen (secondary N) is 2. The first-order valence-electron chi connectivity index (χ1n) is 4.34. The molecule has 2 aromatic rings. The number of H-pyrrole nitrogens is 1. The Morgan fingerprint density at radius 2 is 2.12 bits per heavy atom. The zero-order valence-corrected chi connectivity index (χ0v) is 9.55. The summed E-state index contributed by atoms with van der Waals surface area (Å²) in [5.41, 5.74) is 0.682. The van der Waals surface area contributed by atoms with Crippen molar-refractivity contribution < 1.29 is 4.79 Å². The van der Waals surface area contributed by atoms with Crippen LogP contribution in [0.3, 0.4) is 0 Å². The number of aromatic amines is 1. The van der Waals surface area contributed by atoms with Gasteiger partial charge >= 0.3 is 0 Å². The number of carbonyl (C=O) groups is 1. The zero-order valence-electron chi connectivity index (χ0n) is 7.98. The van der Waals surface area contributed by atoms with Crippen molar-refractivity contribution in [2.24, 2.45) is 0 Å². The van der Waals surface area contributed by atoms with E-state index in [1.54, 1.807) is 24.3 Å². The van der Waals surface area contributed by atoms with E-state index in [0.29, 0.717) is 15.9 Å². The fourth-order valence-corrected chi connectivity index (χ4v) is 1.68. The Bertz CT molecular complexity index is 471. The van der Waals surface area contributed by atoms with Gasteiger partial charge in [0.25, 0.3) is 5.24 Å². The second-order valence-corrected chi connectivity index (χ2v) is 4.21. The van der Waals surface area contributed by atoms with Gasteiger partial charge in [-0.3, -0.25) is 9.89 Å². The molecule has 1 heterocycles. The molecule has 1 aromatic heterocycles. The lowest BCUT2D eigenvalue weighted by molar-refractivity contribution is 0.269. The van der Waals surface area contributed by atoms with E-state index in [4.69, 9.17) is 11.6 Å². The third kappa shape index (κ3) is 2.98. The largest absolute Gasteiger partial charge is 0.316 e. The average Bonchev–Trinajstić information content (AvgIpc) is 2.74. The highest BCUT2D eigenvalue weighted by Gasteiger charge is 2.06. The molecule has 0 aliphatic rings. The molecule has 0 spiro atoms. The Morgan fingerprint density at radius 1 is 1.38 bits per heavy atom. The molecule has 0 bridgehead atoms. The molecule has 2 rings (SSSR count). The molecule has 0 radical (unpaired) electrons. The van der Waals surface area contributed by atoms with Crippen LogP contribution in [-0.2, 0) is 0 Å². The molecule has 2 N–H and O–H groups in total. The summed E-state index contributed by atoms with van der Waals surface area (Å²) >= 11 is 6.66. The number of rotatable bonds is 2. The molecule has 0 atom stereocenters. The third-order valence-corrected chi connectivity index (χ3v) is 2.60. The van der Waals surface area contributed by atoms with Gasteiger partial charge in [0.2, 0.25) is 0 Å². The van der Waals surface area contributed by atoms with Crippen LogP contribution in [0.25, 0.3) is 0 Å². The number of anilines is 1. The summed E-state index contributed by atoms with van der Waals surface area (Å²) in [6.07, 6.45) is 1.35. The number of thioether (sulfide) groups is 1. The Hall–Kier alpha value is -1.53. The van der Waals surface area contributed by atoms with Crippen LogP contribution < -0.4 is 5.32 Å². The number of hydrogen-bond acceptors (Lipinski definition) is 4. The van der Waals surface area contributed by atoms with Gasteiger partial charge in [-0.05, 0) is 24.3 Å². The second-order valence-electron chi connectivity index (χ2n) is 2.81. The second kappa shape index (κ2) is 5.00. The van der Waals surface area contributed by atoms with Crippen molar-refractivity contribution in [1.82, 2.24) is 15.2 Å². The van der Waals surface area contributed by atoms with Crippen LogP contribution in [0.2, 0.25) is 5.02 Å². The Labute approximate surface area is 101 Å². The molecule has 82 valence electrons. The predicted octanol–water partition coefficient (Wildman–Crippen LogP) is 2.78. The van der Waals surface area contributed by atoms with Gasteiger partial charge in [-0.2, -0.15) is 5.10 Å². The molecule has 0 saturated heterocycles. The molecule has 1 amide bonds. The van der Waals surface area contributed by atoms with Gasteiger partial charge in [-0.25, -0.2) is 4.98 Å². The maximum Gasteiger partial charge on any atom is 0.291 e. The molecule has 0 aliphatic carbocycles. The van der Waals surface area contributed by atoms with Crippen molar-refractivity contribution in [3.8, 4) is 0 Å². The van der Waals surface area contributed by atoms with Gasteiger partial charge in [0.15, 0.2) is 5.16 Å². The van der Waals surface area contributed by atoms with Crippen LogP contribution in [0.5, 0.6) is 0 Å². The van der Waals surface area contributed by atoms with Crippen LogP contribution >= 0.6 is 23.4 Å². The molecule has 16 heavy (non-hydrogen) atoms. The SMILES string of the molecule is O=C(Nc1ccc(Cl)cc1)Sc1ncn[nH]1. The first-order valence-corrected chi connectivity index (χ1v) is 5.53. The lowest BCUT2D eigenvalue weighted by Crippen LogP contribution is -2.04. The number of aromatic nitrogens is 3. The fourth-order valence-electron chi connectivity index (χ4n) is 1.01. The van der Waals surface area contributed by atoms with Gasteiger partial charge < -0.3 is 5.32 Å². The number of halogens is 1. The normalized spacial score (nSPS) is 10.1. The van der Waals surface area contributed by atoms with Crippen LogP contribution in [0, 0.1) is 0 Å². The van der Waals surface area contributed by atoms with E-state index < -0.39 is 0 Å². The molecule has 0 fully saturated rings. The van der Waals surface area contributed by atoms with Crippen molar-refractivity contribution in [2.75, 3.05) is 5.32 Å². The highest BCUT2D eigenvalue weighted by atomic mass is 35.5. The number of amides is 1. The van der Waals surface area contributed by atoms with Gasteiger partial charge in [0.05, 0.1) is 0 Å². The van der Waals surface area contributed by atoms with Gasteiger partial charge in [-0.1, -0.05) is 11.6 Å². The summed E-state index contributed by atoms with van der Waals surface area (Å²) in [4.78, 5) is 15.3. The third-order valence-electron chi connectivity index (χ3n) is 1.67. The lowest BCUT2D eigenvalue weighted by Gasteiger charge is -2.02. The monoisotopic (exact) mass is 254 g/mol. The van der Waals surface area contributed by atoms with E-state index in [2.05, 4.69) is 20.5 Å². The molecule has 0 saturated carbocycles. The van der Waals surface area contributed by atoms with Gasteiger partial charge in [0.1, 0.15) is 6.33 Å². The van der Waals surface area contributed by atoms with Crippen LogP contribution in [0.15, 0.2) is 35.7 Å². The maximum atomic E-state index is 11.5. The molecule has 5 nitrogen and oxygen atoms in total. The topological polar surface area (TPSA) is 70.7 Å². The van der Waals surface area contributed by atoms with Crippen molar-refractivity contribution in [3.63, 3.8) is 0 Å². The molecular formula is C9H7ClN4OS. The number of carbonyl (C=O) groups excluding carboxylic acids is 1. The first-order chi connectivity index (χ1) is 7.74. The van der Waals surface area contributed by atoms with Crippen LogP contribution in [0.4, 0.5) is 10.5 Å². The highest BCUT2D eigenvalue weighted by Crippen LogP contribution is 2.18. The number of benzene rings is 1. The molecule has 0 aliphatic heterocycles. The van der Waals surface area contributed by atoms with Gasteiger partial charge in [-0.15, -0.1) is 0 Å². The van der Waals surface area contributed by atoms with Crippen molar-refractivity contribution >= 4 is 34.3 Å². The van der Waals surface area contributed by atoms with E-state index in [0.717, 1.165) is 11.8 Å². The van der Waals surface area contributed by atoms with Crippen LogP contribution in [-0.4, -0.2) is 20.4 Å². The number of hydrogen-bond donors (Lipinski definition) is 2. The van der Waals surface area contributed by atoms with Crippen molar-refractivity contribution in [2.45, 2.75) is 5.16 Å². The predicted molar refractivity (Wildman–Crippen MR) is 62.7 cm³/mol. The van der Waals surface area contributed by atoms with Gasteiger partial charge in [0, 0.05) is 22.5 Å². The molecular weight excluding hydrogens is 248 g/mol. The quantitative estimate of drug-likeness (QED) is 0.809. The summed E-state index contributed by atoms with van der Waals surface area (Å²) < 4.78 is 0. The Kier molecular flexibility index (Phi) is 3.43. The fraction of sp³-hybridized carbons (Fsp3) is 0. The summed E-state index contributed by atoms with van der Waals surface area (Å²) in [5.74, 6) is 0. The van der Waals surface area contributed by atoms with Crippen molar-refractivity contribution in [1.29, 1.82) is 0 Å². The zero-order chi connectivity index (χ0) is 11.4. The molecule has 0 unspecified atom stereocenters. The summed E-state index contributed by atoms with van der Waals surface area (Å²) in [6.45, 7) is 0. The van der Waals surface area contributed by atoms with Crippen molar-refractivity contribution in [3.05, 3.63) is 35.6 Å². The summed E-state index contributed by atoms with van der Waals surface area (Å²) in [5, 5.41) is 9.75. The minimum Gasteiger partial charge on any atom is -0.316 e. The minimum atomic E-state index is -0.237. The smallest absolute Gasteiger partial charge is 0.291 e. The summed E-state index contributed by atoms with van der Waals surface area (Å²) in [6, 6.07) is 6.86. The lowest BCUT2D eigenvalue weighted by atomic mass is 10.3. The Balaban J connectivity index is 1.95. The summed E-state index contributed by atoms with van der Waals surface area (Å²) in [7, 11) is 0. The number of nitrogens with zero attached hydrogens (tertiary/aromatic N) is 2. The van der Waals surface area contributed by atoms with E-state index >= 15 is 0 Å². The van der Waals surface area contributed by atoms with E-state index in [1.165, 1.54) is 6.33 Å². The maximum absolute atomic E-state index is 11.5. The Morgan fingerprint density at radius 3 is 2.75 bits per heavy atom. The first kappa shape index (κ1) is 11.0. The average molecular weight is 255 g/mol. The van der Waals surface area contributed by atoms with E-state index in [9.17, 15) is 4.79 Å². The minimum absolute atomic E-state index is 0.237. The highest BCUT2D eigenvalue weighted by molar-refractivity contribution is 8.13. The molecule has 7 heteroatoms. The van der Waals surface area contributed by atoms with Crippen LogP contribution in [0.1, 0.15) is 0 Å². The van der Waals surface area contributed by atoms with E-state index in [1.807, 2.05) is 0 Å². The molecule has 1 aromatic carbocycles. The standard InChI is InChI=1S/C9H7ClN4OS/c10-6-1-3-7(4-2-6)13-9(15)16-8-11-5-12-14-8/h1-5H,(H,13,15)(H,11,12,14).